The summed E-state index contributed by atoms with van der Waals surface area (Å²) in [7, 11) is 0. The summed E-state index contributed by atoms with van der Waals surface area (Å²) >= 11 is 0. The average molecular weight is 473 g/mol. The summed E-state index contributed by atoms with van der Waals surface area (Å²) in [6.45, 7) is 8.23. The average Bonchev–Trinajstić information content (AvgIpc) is 3.34. The lowest BCUT2D eigenvalue weighted by atomic mass is 10.1. The Morgan fingerprint density at radius 1 is 1.27 bits per heavy atom. The van der Waals surface area contributed by atoms with E-state index >= 15 is 0 Å². The van der Waals surface area contributed by atoms with Gasteiger partial charge in [-0.05, 0) is 43.2 Å². The summed E-state index contributed by atoms with van der Waals surface area (Å²) in [5.41, 5.74) is 2.43. The lowest BCUT2D eigenvalue weighted by molar-refractivity contribution is -0.0390. The Labute approximate surface area is 174 Å². The monoisotopic (exact) mass is 473 g/mol. The maximum absolute atomic E-state index is 6.02. The quantitative estimate of drug-likeness (QED) is 0.362. The van der Waals surface area contributed by atoms with Crippen molar-refractivity contribution in [1.82, 2.24) is 10.6 Å². The molecule has 1 saturated carbocycles. The standard InChI is InChI=1S/C20H31N3O2.HI/c1-3-21-20(23-19-11-15(19)2)22-13-16-5-4-6-17(12-16)14-25-18-7-9-24-10-8-18;/h4-6,12,15,18-19H,3,7-11,13-14H2,1-2H3,(H2,21,22,23);1H. The Morgan fingerprint density at radius 3 is 2.69 bits per heavy atom. The van der Waals surface area contributed by atoms with Crippen LogP contribution in [0.2, 0.25) is 0 Å². The van der Waals surface area contributed by atoms with Gasteiger partial charge < -0.3 is 20.1 Å². The molecule has 0 amide bonds. The molecule has 146 valence electrons. The minimum atomic E-state index is 0. The van der Waals surface area contributed by atoms with Gasteiger partial charge in [-0.2, -0.15) is 0 Å². The van der Waals surface area contributed by atoms with Crippen LogP contribution in [-0.4, -0.2) is 37.9 Å². The molecule has 0 spiro atoms. The van der Waals surface area contributed by atoms with Crippen molar-refractivity contribution in [3.05, 3.63) is 35.4 Å². The van der Waals surface area contributed by atoms with E-state index < -0.39 is 0 Å². The van der Waals surface area contributed by atoms with Crippen LogP contribution in [0.4, 0.5) is 0 Å². The second-order valence-corrected chi connectivity index (χ2v) is 7.10. The number of hydrogen-bond acceptors (Lipinski definition) is 3. The van der Waals surface area contributed by atoms with Crippen molar-refractivity contribution in [1.29, 1.82) is 0 Å². The Kier molecular flexibility index (Phi) is 9.15. The number of aliphatic imine (C=N–C) groups is 1. The minimum absolute atomic E-state index is 0. The van der Waals surface area contributed by atoms with E-state index in [-0.39, 0.29) is 24.0 Å². The van der Waals surface area contributed by atoms with Crippen LogP contribution in [0.3, 0.4) is 0 Å². The second kappa shape index (κ2) is 11.1. The van der Waals surface area contributed by atoms with Crippen molar-refractivity contribution in [3.63, 3.8) is 0 Å². The maximum atomic E-state index is 6.02. The number of nitrogens with one attached hydrogen (secondary N) is 2. The summed E-state index contributed by atoms with van der Waals surface area (Å²) in [6.07, 6.45) is 3.58. The van der Waals surface area contributed by atoms with Crippen molar-refractivity contribution in [2.45, 2.75) is 58.4 Å². The molecular formula is C20H32IN3O2. The van der Waals surface area contributed by atoms with Crippen LogP contribution < -0.4 is 10.6 Å². The molecule has 0 bridgehead atoms. The van der Waals surface area contributed by atoms with E-state index in [1.807, 2.05) is 0 Å². The van der Waals surface area contributed by atoms with Crippen LogP contribution in [0.5, 0.6) is 0 Å². The Hall–Kier alpha value is -0.860. The highest BCUT2D eigenvalue weighted by Crippen LogP contribution is 2.28. The molecule has 1 aliphatic heterocycles. The fraction of sp³-hybridized carbons (Fsp3) is 0.650. The molecule has 1 aliphatic carbocycles. The molecule has 2 atom stereocenters. The zero-order valence-corrected chi connectivity index (χ0v) is 18.2. The fourth-order valence-electron chi connectivity index (χ4n) is 3.06. The molecule has 2 aliphatic rings. The third-order valence-corrected chi connectivity index (χ3v) is 4.84. The smallest absolute Gasteiger partial charge is 0.191 e. The summed E-state index contributed by atoms with van der Waals surface area (Å²) in [4.78, 5) is 4.73. The molecule has 5 nitrogen and oxygen atoms in total. The van der Waals surface area contributed by atoms with Crippen molar-refractivity contribution in [3.8, 4) is 0 Å². The van der Waals surface area contributed by atoms with Crippen LogP contribution >= 0.6 is 24.0 Å². The van der Waals surface area contributed by atoms with Gasteiger partial charge in [0.15, 0.2) is 5.96 Å². The molecule has 0 aromatic heterocycles. The first-order valence-electron chi connectivity index (χ1n) is 9.56. The zero-order chi connectivity index (χ0) is 17.5. The molecule has 2 fully saturated rings. The molecular weight excluding hydrogens is 441 g/mol. The number of nitrogens with zero attached hydrogens (tertiary/aromatic N) is 1. The molecule has 6 heteroatoms. The lowest BCUT2D eigenvalue weighted by Crippen LogP contribution is -2.39. The van der Waals surface area contributed by atoms with Crippen LogP contribution in [0.25, 0.3) is 0 Å². The zero-order valence-electron chi connectivity index (χ0n) is 15.9. The molecule has 3 rings (SSSR count). The van der Waals surface area contributed by atoms with E-state index in [1.165, 1.54) is 17.5 Å². The molecule has 1 aromatic rings. The SMILES string of the molecule is CCNC(=NCc1cccc(COC2CCOCC2)c1)NC1CC1C.I. The van der Waals surface area contributed by atoms with E-state index in [4.69, 9.17) is 14.5 Å². The summed E-state index contributed by atoms with van der Waals surface area (Å²) in [5.74, 6) is 1.68. The highest BCUT2D eigenvalue weighted by molar-refractivity contribution is 14.0. The third-order valence-electron chi connectivity index (χ3n) is 4.84. The normalized spacial score (nSPS) is 23.2. The van der Waals surface area contributed by atoms with Gasteiger partial charge in [0, 0.05) is 25.8 Å². The van der Waals surface area contributed by atoms with Gasteiger partial charge >= 0.3 is 0 Å². The molecule has 26 heavy (non-hydrogen) atoms. The highest BCUT2D eigenvalue weighted by atomic mass is 127. The van der Waals surface area contributed by atoms with Gasteiger partial charge in [0.25, 0.3) is 0 Å². The first kappa shape index (κ1) is 21.4. The van der Waals surface area contributed by atoms with Crippen molar-refractivity contribution >= 4 is 29.9 Å². The van der Waals surface area contributed by atoms with Crippen molar-refractivity contribution < 1.29 is 9.47 Å². The predicted molar refractivity (Wildman–Crippen MR) is 116 cm³/mol. The second-order valence-electron chi connectivity index (χ2n) is 7.10. The minimum Gasteiger partial charge on any atom is -0.381 e. The van der Waals surface area contributed by atoms with Gasteiger partial charge in [0.2, 0.25) is 0 Å². The summed E-state index contributed by atoms with van der Waals surface area (Å²) in [5, 5.41) is 6.83. The van der Waals surface area contributed by atoms with Gasteiger partial charge in [-0.1, -0.05) is 31.2 Å². The van der Waals surface area contributed by atoms with Crippen molar-refractivity contribution in [2.24, 2.45) is 10.9 Å². The van der Waals surface area contributed by atoms with E-state index in [0.29, 0.717) is 25.3 Å². The number of ether oxygens (including phenoxy) is 2. The summed E-state index contributed by atoms with van der Waals surface area (Å²) in [6, 6.07) is 9.13. The number of guanidine groups is 1. The predicted octanol–water partition coefficient (Wildman–Crippen LogP) is 3.46. The van der Waals surface area contributed by atoms with Crippen LogP contribution in [0.15, 0.2) is 29.3 Å². The number of benzene rings is 1. The molecule has 0 radical (unpaired) electrons. The lowest BCUT2D eigenvalue weighted by Gasteiger charge is -2.22. The van der Waals surface area contributed by atoms with E-state index in [1.54, 1.807) is 0 Å². The first-order chi connectivity index (χ1) is 12.2. The largest absolute Gasteiger partial charge is 0.381 e. The number of halogens is 1. The topological polar surface area (TPSA) is 54.9 Å². The summed E-state index contributed by atoms with van der Waals surface area (Å²) < 4.78 is 11.4. The molecule has 1 saturated heterocycles. The molecule has 1 heterocycles. The number of hydrogen-bond donors (Lipinski definition) is 2. The third kappa shape index (κ3) is 7.04. The first-order valence-corrected chi connectivity index (χ1v) is 9.56. The molecule has 2 unspecified atom stereocenters. The van der Waals surface area contributed by atoms with Gasteiger partial charge in [-0.25, -0.2) is 4.99 Å². The Bertz CT molecular complexity index is 576. The van der Waals surface area contributed by atoms with Crippen molar-refractivity contribution in [2.75, 3.05) is 19.8 Å². The maximum Gasteiger partial charge on any atom is 0.191 e. The fourth-order valence-corrected chi connectivity index (χ4v) is 3.06. The van der Waals surface area contributed by atoms with E-state index in [9.17, 15) is 0 Å². The Balaban J connectivity index is 0.00000243. The highest BCUT2D eigenvalue weighted by Gasteiger charge is 2.33. The van der Waals surface area contributed by atoms with Gasteiger partial charge in [0.1, 0.15) is 0 Å². The van der Waals surface area contributed by atoms with Gasteiger partial charge in [-0.15, -0.1) is 24.0 Å². The van der Waals surface area contributed by atoms with Crippen LogP contribution in [-0.2, 0) is 22.6 Å². The molecule has 2 N–H and O–H groups in total. The number of rotatable bonds is 7. The Morgan fingerprint density at radius 2 is 2.00 bits per heavy atom. The van der Waals surface area contributed by atoms with Crippen LogP contribution in [0.1, 0.15) is 44.2 Å². The van der Waals surface area contributed by atoms with Crippen LogP contribution in [0, 0.1) is 5.92 Å². The van der Waals surface area contributed by atoms with Gasteiger partial charge in [-0.3, -0.25) is 0 Å². The van der Waals surface area contributed by atoms with E-state index in [0.717, 1.165) is 44.5 Å². The van der Waals surface area contributed by atoms with E-state index in [2.05, 4.69) is 48.7 Å². The molecule has 1 aromatic carbocycles. The van der Waals surface area contributed by atoms with Gasteiger partial charge in [0.05, 0.1) is 19.3 Å².